The number of aromatic nitrogens is 1. The van der Waals surface area contributed by atoms with Crippen molar-refractivity contribution in [1.29, 1.82) is 0 Å². The number of thiocarbonyl (C=S) groups is 1. The number of anilines is 1. The third kappa shape index (κ3) is 4.10. The van der Waals surface area contributed by atoms with E-state index in [-0.39, 0.29) is 17.6 Å². The lowest BCUT2D eigenvalue weighted by Gasteiger charge is -2.26. The third-order valence-corrected chi connectivity index (χ3v) is 6.70. The van der Waals surface area contributed by atoms with Crippen LogP contribution < -0.4 is 10.2 Å². The highest BCUT2D eigenvalue weighted by atomic mass is 79.9. The minimum absolute atomic E-state index is 0.216. The molecule has 4 aromatic rings. The van der Waals surface area contributed by atoms with Gasteiger partial charge >= 0.3 is 5.97 Å². The van der Waals surface area contributed by atoms with Crippen LogP contribution >= 0.6 is 28.1 Å². The summed E-state index contributed by atoms with van der Waals surface area (Å²) in [7, 11) is 0. The van der Waals surface area contributed by atoms with Gasteiger partial charge in [-0.3, -0.25) is 4.98 Å². The Hall–Kier alpha value is -3.49. The molecule has 3 heterocycles. The van der Waals surface area contributed by atoms with Gasteiger partial charge in [0.1, 0.15) is 17.6 Å². The van der Waals surface area contributed by atoms with Gasteiger partial charge in [-0.1, -0.05) is 28.1 Å². The summed E-state index contributed by atoms with van der Waals surface area (Å²) in [5.74, 6) is 0.434. The molecule has 0 amide bonds. The molecular weight excluding hydrogens is 514 g/mol. The minimum Gasteiger partial charge on any atom is -0.478 e. The molecule has 170 valence electrons. The molecule has 1 saturated heterocycles. The van der Waals surface area contributed by atoms with E-state index in [1.807, 2.05) is 66.4 Å². The Balaban J connectivity index is 1.58. The van der Waals surface area contributed by atoms with Gasteiger partial charge in [-0.15, -0.1) is 0 Å². The van der Waals surface area contributed by atoms with Crippen molar-refractivity contribution in [2.45, 2.75) is 19.0 Å². The lowest BCUT2D eigenvalue weighted by atomic mass is 10.0. The van der Waals surface area contributed by atoms with Crippen molar-refractivity contribution in [1.82, 2.24) is 10.3 Å². The number of carboxylic acids is 1. The fourth-order valence-corrected chi connectivity index (χ4v) is 4.86. The van der Waals surface area contributed by atoms with E-state index < -0.39 is 5.97 Å². The van der Waals surface area contributed by atoms with Crippen LogP contribution in [0.25, 0.3) is 11.3 Å². The van der Waals surface area contributed by atoms with Crippen LogP contribution in [0.15, 0.2) is 87.9 Å². The molecule has 2 N–H and O–H groups in total. The molecule has 1 fully saturated rings. The maximum atomic E-state index is 11.3. The summed E-state index contributed by atoms with van der Waals surface area (Å²) in [4.78, 5) is 17.9. The Bertz CT molecular complexity index is 1370. The van der Waals surface area contributed by atoms with E-state index in [9.17, 15) is 9.90 Å². The van der Waals surface area contributed by atoms with Gasteiger partial charge < -0.3 is 19.7 Å². The molecule has 0 unspecified atom stereocenters. The molecule has 2 aromatic heterocycles. The number of hydrogen-bond acceptors (Lipinski definition) is 4. The van der Waals surface area contributed by atoms with Crippen LogP contribution in [0.1, 0.15) is 39.5 Å². The van der Waals surface area contributed by atoms with Gasteiger partial charge in [-0.05, 0) is 85.4 Å². The van der Waals surface area contributed by atoms with Gasteiger partial charge in [0.05, 0.1) is 17.3 Å². The van der Waals surface area contributed by atoms with Crippen LogP contribution in [0, 0.1) is 6.92 Å². The van der Waals surface area contributed by atoms with Crippen LogP contribution in [0.2, 0.25) is 0 Å². The first kappa shape index (κ1) is 22.3. The summed E-state index contributed by atoms with van der Waals surface area (Å²) in [6, 6.07) is 22.2. The number of pyridine rings is 1. The molecule has 0 radical (unpaired) electrons. The predicted molar refractivity (Wildman–Crippen MR) is 138 cm³/mol. The van der Waals surface area contributed by atoms with Gasteiger partial charge in [0.15, 0.2) is 5.11 Å². The van der Waals surface area contributed by atoms with Crippen molar-refractivity contribution in [2.24, 2.45) is 0 Å². The second kappa shape index (κ2) is 9.04. The summed E-state index contributed by atoms with van der Waals surface area (Å²) in [6.45, 7) is 1.88. The largest absolute Gasteiger partial charge is 0.478 e. The molecule has 0 aliphatic carbocycles. The van der Waals surface area contributed by atoms with E-state index in [0.717, 1.165) is 32.7 Å². The summed E-state index contributed by atoms with van der Waals surface area (Å²) < 4.78 is 7.36. The fourth-order valence-electron chi connectivity index (χ4n) is 4.25. The van der Waals surface area contributed by atoms with E-state index in [1.165, 1.54) is 0 Å². The number of hydrogen-bond donors (Lipinski definition) is 2. The lowest BCUT2D eigenvalue weighted by molar-refractivity contribution is 0.0697. The second-order valence-electron chi connectivity index (χ2n) is 8.01. The molecule has 0 spiro atoms. The zero-order valence-corrected chi connectivity index (χ0v) is 20.5. The number of nitrogens with zero attached hydrogens (tertiary/aromatic N) is 2. The number of aromatic carboxylic acids is 1. The quantitative estimate of drug-likeness (QED) is 0.292. The predicted octanol–water partition coefficient (Wildman–Crippen LogP) is 6.29. The molecule has 2 aromatic carbocycles. The monoisotopic (exact) mass is 533 g/mol. The molecule has 1 aliphatic rings. The van der Waals surface area contributed by atoms with Crippen LogP contribution in [-0.4, -0.2) is 21.2 Å². The lowest BCUT2D eigenvalue weighted by Crippen LogP contribution is -2.29. The number of rotatable bonds is 5. The Morgan fingerprint density at radius 2 is 1.91 bits per heavy atom. The second-order valence-corrected chi connectivity index (χ2v) is 9.31. The number of furan rings is 1. The molecule has 1 aliphatic heterocycles. The SMILES string of the molecule is Cc1cc(C(=O)O)ccc1-c1ccc([C@@H]2[C@@H](c3ccccn3)NC(=S)N2c2ccc(Br)cc2)o1. The van der Waals surface area contributed by atoms with Crippen LogP contribution in [0.5, 0.6) is 0 Å². The average molecular weight is 534 g/mol. The van der Waals surface area contributed by atoms with Crippen LogP contribution in [0.3, 0.4) is 0 Å². The fraction of sp³-hybridized carbons (Fsp3) is 0.115. The Labute approximate surface area is 210 Å². The van der Waals surface area contributed by atoms with Crippen molar-refractivity contribution in [2.75, 3.05) is 4.90 Å². The molecule has 34 heavy (non-hydrogen) atoms. The first-order valence-corrected chi connectivity index (χ1v) is 11.8. The zero-order chi connectivity index (χ0) is 23.8. The van der Waals surface area contributed by atoms with Crippen molar-refractivity contribution in [3.8, 4) is 11.3 Å². The summed E-state index contributed by atoms with van der Waals surface area (Å²) in [5.41, 5.74) is 3.70. The van der Waals surface area contributed by atoms with Crippen molar-refractivity contribution < 1.29 is 14.3 Å². The van der Waals surface area contributed by atoms with Crippen molar-refractivity contribution >= 4 is 44.9 Å². The van der Waals surface area contributed by atoms with Crippen LogP contribution in [0.4, 0.5) is 5.69 Å². The van der Waals surface area contributed by atoms with Gasteiger partial charge in [0.25, 0.3) is 0 Å². The normalized spacial score (nSPS) is 17.6. The highest BCUT2D eigenvalue weighted by Gasteiger charge is 2.42. The van der Waals surface area contributed by atoms with E-state index in [1.54, 1.807) is 24.4 Å². The molecule has 6 nitrogen and oxygen atoms in total. The van der Waals surface area contributed by atoms with Gasteiger partial charge in [0, 0.05) is 21.9 Å². The number of carboxylic acid groups (broad SMARTS) is 1. The number of aryl methyl sites for hydroxylation is 1. The minimum atomic E-state index is -0.955. The summed E-state index contributed by atoms with van der Waals surface area (Å²) in [5, 5.41) is 13.3. The van der Waals surface area contributed by atoms with E-state index in [0.29, 0.717) is 10.9 Å². The van der Waals surface area contributed by atoms with E-state index in [2.05, 4.69) is 26.2 Å². The Morgan fingerprint density at radius 3 is 2.59 bits per heavy atom. The molecule has 2 atom stereocenters. The molecule has 0 bridgehead atoms. The standard InChI is InChI=1S/C26H20BrN3O3S/c1-15-14-16(25(31)32)5-10-19(15)21-11-12-22(33-21)24-23(20-4-2-3-13-28-20)29-26(34)30(24)18-8-6-17(27)7-9-18/h2-14,23-24H,1H3,(H,29,34)(H,31,32)/t23-,24-/m1/s1. The number of benzene rings is 2. The Kier molecular flexibility index (Phi) is 5.93. The summed E-state index contributed by atoms with van der Waals surface area (Å²) >= 11 is 9.24. The van der Waals surface area contributed by atoms with Gasteiger partial charge in [0.2, 0.25) is 0 Å². The zero-order valence-electron chi connectivity index (χ0n) is 18.1. The number of nitrogens with one attached hydrogen (secondary N) is 1. The summed E-state index contributed by atoms with van der Waals surface area (Å²) in [6.07, 6.45) is 1.76. The third-order valence-electron chi connectivity index (χ3n) is 5.86. The molecule has 5 rings (SSSR count). The molecular formula is C26H20BrN3O3S. The van der Waals surface area contributed by atoms with E-state index >= 15 is 0 Å². The molecule has 0 saturated carbocycles. The van der Waals surface area contributed by atoms with Gasteiger partial charge in [-0.25, -0.2) is 4.79 Å². The molecule has 8 heteroatoms. The Morgan fingerprint density at radius 1 is 1.12 bits per heavy atom. The number of halogens is 1. The van der Waals surface area contributed by atoms with Crippen molar-refractivity contribution in [3.63, 3.8) is 0 Å². The first-order valence-electron chi connectivity index (χ1n) is 10.6. The number of carbonyl (C=O) groups is 1. The maximum Gasteiger partial charge on any atom is 0.335 e. The highest BCUT2D eigenvalue weighted by molar-refractivity contribution is 9.10. The topological polar surface area (TPSA) is 78.6 Å². The maximum absolute atomic E-state index is 11.3. The van der Waals surface area contributed by atoms with Crippen LogP contribution in [-0.2, 0) is 0 Å². The van der Waals surface area contributed by atoms with Gasteiger partial charge in [-0.2, -0.15) is 0 Å². The van der Waals surface area contributed by atoms with E-state index in [4.69, 9.17) is 16.6 Å². The smallest absolute Gasteiger partial charge is 0.335 e. The highest BCUT2D eigenvalue weighted by Crippen LogP contribution is 2.43. The van der Waals surface area contributed by atoms with Crippen molar-refractivity contribution in [3.05, 3.63) is 106 Å². The first-order chi connectivity index (χ1) is 16.4. The average Bonchev–Trinajstić information content (AvgIpc) is 3.44.